The van der Waals surface area contributed by atoms with Gasteiger partial charge in [0, 0.05) is 5.39 Å². The van der Waals surface area contributed by atoms with E-state index in [-0.39, 0.29) is 0 Å². The molecule has 2 aromatic rings. The number of halogens is 1. The van der Waals surface area contributed by atoms with Crippen molar-refractivity contribution in [3.63, 3.8) is 0 Å². The molecule has 0 spiro atoms. The molecule has 90 valence electrons. The average Bonchev–Trinajstić information content (AvgIpc) is 2.35. The zero-order chi connectivity index (χ0) is 12.4. The molecular formula is C12H12INO3. The molecule has 0 N–H and O–H groups in total. The molecule has 4 nitrogen and oxygen atoms in total. The molecule has 0 aliphatic rings. The SMILES string of the molecule is COc1cc2cc(I)nc(OC)c2cc1OC. The molecule has 1 aromatic carbocycles. The van der Waals surface area contributed by atoms with E-state index in [0.29, 0.717) is 17.4 Å². The normalized spacial score (nSPS) is 10.4. The van der Waals surface area contributed by atoms with Gasteiger partial charge in [-0.15, -0.1) is 0 Å². The molecule has 1 aromatic heterocycles. The second kappa shape index (κ2) is 4.95. The van der Waals surface area contributed by atoms with Gasteiger partial charge >= 0.3 is 0 Å². The summed E-state index contributed by atoms with van der Waals surface area (Å²) < 4.78 is 16.7. The molecule has 0 aliphatic carbocycles. The molecule has 17 heavy (non-hydrogen) atoms. The van der Waals surface area contributed by atoms with Crippen LogP contribution in [0.25, 0.3) is 10.8 Å². The average molecular weight is 345 g/mol. The van der Waals surface area contributed by atoms with Crippen LogP contribution >= 0.6 is 22.6 Å². The van der Waals surface area contributed by atoms with Crippen LogP contribution < -0.4 is 14.2 Å². The molecule has 1 heterocycles. The molecular weight excluding hydrogens is 333 g/mol. The first-order valence-corrected chi connectivity index (χ1v) is 6.03. The molecule has 0 atom stereocenters. The van der Waals surface area contributed by atoms with Crippen molar-refractivity contribution in [3.05, 3.63) is 21.9 Å². The van der Waals surface area contributed by atoms with Crippen LogP contribution in [-0.2, 0) is 0 Å². The lowest BCUT2D eigenvalue weighted by atomic mass is 10.1. The van der Waals surface area contributed by atoms with E-state index in [4.69, 9.17) is 14.2 Å². The van der Waals surface area contributed by atoms with Gasteiger partial charge in [-0.2, -0.15) is 0 Å². The second-order valence-electron chi connectivity index (χ2n) is 3.38. The molecule has 0 saturated carbocycles. The molecule has 0 unspecified atom stereocenters. The summed E-state index contributed by atoms with van der Waals surface area (Å²) in [6.45, 7) is 0. The van der Waals surface area contributed by atoms with Crippen molar-refractivity contribution >= 4 is 33.4 Å². The van der Waals surface area contributed by atoms with Crippen LogP contribution in [0.5, 0.6) is 17.4 Å². The molecule has 0 fully saturated rings. The summed E-state index contributed by atoms with van der Waals surface area (Å²) in [5.41, 5.74) is 0. The van der Waals surface area contributed by atoms with Gasteiger partial charge in [0.25, 0.3) is 0 Å². The maximum Gasteiger partial charge on any atom is 0.222 e. The fraction of sp³-hybridized carbons (Fsp3) is 0.250. The third kappa shape index (κ3) is 2.24. The molecule has 0 radical (unpaired) electrons. The van der Waals surface area contributed by atoms with Crippen LogP contribution in [-0.4, -0.2) is 26.3 Å². The molecule has 0 amide bonds. The fourth-order valence-corrected chi connectivity index (χ4v) is 2.23. The largest absolute Gasteiger partial charge is 0.493 e. The van der Waals surface area contributed by atoms with E-state index in [2.05, 4.69) is 27.6 Å². The quantitative estimate of drug-likeness (QED) is 0.634. The van der Waals surface area contributed by atoms with E-state index in [1.807, 2.05) is 18.2 Å². The highest BCUT2D eigenvalue weighted by atomic mass is 127. The predicted molar refractivity (Wildman–Crippen MR) is 74.1 cm³/mol. The minimum absolute atomic E-state index is 0.591. The van der Waals surface area contributed by atoms with Crippen molar-refractivity contribution in [2.24, 2.45) is 0 Å². The minimum atomic E-state index is 0.591. The fourth-order valence-electron chi connectivity index (χ4n) is 1.67. The van der Waals surface area contributed by atoms with Crippen LogP contribution in [0, 0.1) is 3.70 Å². The predicted octanol–water partition coefficient (Wildman–Crippen LogP) is 2.87. The lowest BCUT2D eigenvalue weighted by molar-refractivity contribution is 0.355. The number of methoxy groups -OCH3 is 3. The summed E-state index contributed by atoms with van der Waals surface area (Å²) in [5, 5.41) is 1.92. The van der Waals surface area contributed by atoms with Gasteiger partial charge in [0.15, 0.2) is 11.5 Å². The van der Waals surface area contributed by atoms with Crippen LogP contribution in [0.1, 0.15) is 0 Å². The Bertz CT molecular complexity index is 557. The lowest BCUT2D eigenvalue weighted by Crippen LogP contribution is -1.95. The number of hydrogen-bond donors (Lipinski definition) is 0. The van der Waals surface area contributed by atoms with Crippen LogP contribution in [0.3, 0.4) is 0 Å². The summed E-state index contributed by atoms with van der Waals surface area (Å²) in [7, 11) is 4.83. The van der Waals surface area contributed by atoms with Gasteiger partial charge in [0.1, 0.15) is 3.70 Å². The highest BCUT2D eigenvalue weighted by molar-refractivity contribution is 14.1. The Kier molecular flexibility index (Phi) is 3.56. The Labute approximate surface area is 113 Å². The van der Waals surface area contributed by atoms with Crippen LogP contribution in [0.4, 0.5) is 0 Å². The second-order valence-corrected chi connectivity index (χ2v) is 4.49. The van der Waals surface area contributed by atoms with Gasteiger partial charge in [-0.1, -0.05) is 0 Å². The summed E-state index contributed by atoms with van der Waals surface area (Å²) in [6, 6.07) is 5.76. The Morgan fingerprint density at radius 1 is 0.941 bits per heavy atom. The topological polar surface area (TPSA) is 40.6 Å². The van der Waals surface area contributed by atoms with Gasteiger partial charge in [-0.05, 0) is 46.2 Å². The molecule has 0 saturated heterocycles. The maximum absolute atomic E-state index is 5.27. The number of benzene rings is 1. The highest BCUT2D eigenvalue weighted by Gasteiger charge is 2.11. The zero-order valence-electron chi connectivity index (χ0n) is 9.78. The van der Waals surface area contributed by atoms with Crippen LogP contribution in [0.15, 0.2) is 18.2 Å². The lowest BCUT2D eigenvalue weighted by Gasteiger charge is -2.11. The smallest absolute Gasteiger partial charge is 0.222 e. The number of ether oxygens (including phenoxy) is 3. The van der Waals surface area contributed by atoms with Gasteiger partial charge < -0.3 is 14.2 Å². The Morgan fingerprint density at radius 3 is 2.18 bits per heavy atom. The van der Waals surface area contributed by atoms with Gasteiger partial charge in [-0.3, -0.25) is 0 Å². The van der Waals surface area contributed by atoms with Crippen LogP contribution in [0.2, 0.25) is 0 Å². The van der Waals surface area contributed by atoms with Gasteiger partial charge in [-0.25, -0.2) is 4.98 Å². The molecule has 5 heteroatoms. The Morgan fingerprint density at radius 2 is 1.59 bits per heavy atom. The van der Waals surface area contributed by atoms with E-state index < -0.39 is 0 Å². The number of rotatable bonds is 3. The Balaban J connectivity index is 2.77. The van der Waals surface area contributed by atoms with E-state index in [0.717, 1.165) is 14.5 Å². The number of pyridine rings is 1. The molecule has 0 bridgehead atoms. The minimum Gasteiger partial charge on any atom is -0.493 e. The van der Waals surface area contributed by atoms with E-state index >= 15 is 0 Å². The van der Waals surface area contributed by atoms with E-state index in [1.165, 1.54) is 0 Å². The van der Waals surface area contributed by atoms with Crippen molar-refractivity contribution < 1.29 is 14.2 Å². The summed E-state index contributed by atoms with van der Waals surface area (Å²) in [5.74, 6) is 1.96. The monoisotopic (exact) mass is 345 g/mol. The van der Waals surface area contributed by atoms with Gasteiger partial charge in [0.2, 0.25) is 5.88 Å². The highest BCUT2D eigenvalue weighted by Crippen LogP contribution is 2.35. The third-order valence-electron chi connectivity index (χ3n) is 2.46. The van der Waals surface area contributed by atoms with E-state index in [1.54, 1.807) is 21.3 Å². The zero-order valence-corrected chi connectivity index (χ0v) is 11.9. The number of aromatic nitrogens is 1. The first-order chi connectivity index (χ1) is 8.19. The summed E-state index contributed by atoms with van der Waals surface area (Å²) in [6.07, 6.45) is 0. The first-order valence-electron chi connectivity index (χ1n) is 4.96. The number of nitrogens with zero attached hydrogens (tertiary/aromatic N) is 1. The molecule has 2 rings (SSSR count). The Hall–Kier alpha value is -1.24. The van der Waals surface area contributed by atoms with Crippen molar-refractivity contribution in [2.45, 2.75) is 0 Å². The summed E-state index contributed by atoms with van der Waals surface area (Å²) >= 11 is 2.16. The third-order valence-corrected chi connectivity index (χ3v) is 3.02. The molecule has 0 aliphatic heterocycles. The van der Waals surface area contributed by atoms with Crippen molar-refractivity contribution in [1.29, 1.82) is 0 Å². The number of fused-ring (bicyclic) bond motifs is 1. The van der Waals surface area contributed by atoms with Crippen molar-refractivity contribution in [3.8, 4) is 17.4 Å². The van der Waals surface area contributed by atoms with Crippen molar-refractivity contribution in [2.75, 3.05) is 21.3 Å². The number of hydrogen-bond acceptors (Lipinski definition) is 4. The van der Waals surface area contributed by atoms with Gasteiger partial charge in [0.05, 0.1) is 21.3 Å². The first kappa shape index (κ1) is 12.2. The van der Waals surface area contributed by atoms with E-state index in [9.17, 15) is 0 Å². The van der Waals surface area contributed by atoms with Crippen molar-refractivity contribution in [1.82, 2.24) is 4.98 Å². The standard InChI is InChI=1S/C12H12INO3/c1-15-9-4-7-5-11(13)14-12(17-3)8(7)6-10(9)16-2/h4-6H,1-3H3. The maximum atomic E-state index is 5.27. The summed E-state index contributed by atoms with van der Waals surface area (Å²) in [4.78, 5) is 4.32.